The number of nitrogens with one attached hydrogen (secondary N) is 1. The van der Waals surface area contributed by atoms with Crippen LogP contribution in [0.15, 0.2) is 24.3 Å². The van der Waals surface area contributed by atoms with Crippen molar-refractivity contribution in [3.05, 3.63) is 24.3 Å². The average molecular weight is 321 g/mol. The molecule has 23 heavy (non-hydrogen) atoms. The summed E-state index contributed by atoms with van der Waals surface area (Å²) in [5, 5.41) is 3.26. The largest absolute Gasteiger partial charge is 0.497 e. The van der Waals surface area contributed by atoms with Crippen molar-refractivity contribution in [2.45, 2.75) is 6.42 Å². The molecule has 1 heterocycles. The summed E-state index contributed by atoms with van der Waals surface area (Å²) in [6.45, 7) is 5.60. The van der Waals surface area contributed by atoms with Crippen molar-refractivity contribution >= 4 is 5.91 Å². The highest BCUT2D eigenvalue weighted by Crippen LogP contribution is 2.16. The van der Waals surface area contributed by atoms with E-state index < -0.39 is 0 Å². The number of piperazine rings is 1. The Bertz CT molecular complexity index is 472. The van der Waals surface area contributed by atoms with Crippen LogP contribution in [0.1, 0.15) is 6.42 Å². The first kappa shape index (κ1) is 17.6. The quantitative estimate of drug-likeness (QED) is 0.768. The number of nitrogens with zero attached hydrogens (tertiary/aromatic N) is 2. The van der Waals surface area contributed by atoms with Gasteiger partial charge in [-0.3, -0.25) is 4.79 Å². The van der Waals surface area contributed by atoms with E-state index in [0.29, 0.717) is 13.0 Å². The summed E-state index contributed by atoms with van der Waals surface area (Å²) in [6.07, 6.45) is 0.568. The Labute approximate surface area is 138 Å². The molecule has 1 saturated heterocycles. The van der Waals surface area contributed by atoms with Crippen LogP contribution in [0, 0.1) is 0 Å². The number of likely N-dealkylation sites (N-methyl/N-ethyl adjacent to an activating group) is 1. The summed E-state index contributed by atoms with van der Waals surface area (Å²) in [5.41, 5.74) is 0. The summed E-state index contributed by atoms with van der Waals surface area (Å²) in [6, 6.07) is 7.55. The summed E-state index contributed by atoms with van der Waals surface area (Å²) in [4.78, 5) is 16.2. The van der Waals surface area contributed by atoms with Gasteiger partial charge in [-0.1, -0.05) is 0 Å². The molecule has 1 aromatic carbocycles. The number of benzene rings is 1. The van der Waals surface area contributed by atoms with Gasteiger partial charge >= 0.3 is 0 Å². The van der Waals surface area contributed by atoms with Crippen molar-refractivity contribution in [3.63, 3.8) is 0 Å². The van der Waals surface area contributed by atoms with Crippen molar-refractivity contribution in [2.75, 3.05) is 60.0 Å². The number of hydrogen-bond acceptors (Lipinski definition) is 5. The number of methoxy groups -OCH3 is 1. The van der Waals surface area contributed by atoms with Crippen molar-refractivity contribution in [1.82, 2.24) is 15.1 Å². The zero-order valence-corrected chi connectivity index (χ0v) is 14.1. The molecule has 0 radical (unpaired) electrons. The van der Waals surface area contributed by atoms with E-state index in [0.717, 1.165) is 50.8 Å². The molecular weight excluding hydrogens is 294 g/mol. The molecule has 1 aromatic rings. The molecule has 0 bridgehead atoms. The number of amides is 1. The van der Waals surface area contributed by atoms with Crippen molar-refractivity contribution in [2.24, 2.45) is 0 Å². The second-order valence-electron chi connectivity index (χ2n) is 5.71. The van der Waals surface area contributed by atoms with E-state index in [1.54, 1.807) is 7.11 Å². The zero-order valence-electron chi connectivity index (χ0n) is 14.1. The minimum atomic E-state index is 0.245. The molecule has 1 N–H and O–H groups in total. The number of rotatable bonds is 8. The normalized spacial score (nSPS) is 14.8. The highest BCUT2D eigenvalue weighted by molar-refractivity contribution is 5.76. The Morgan fingerprint density at radius 3 is 2.48 bits per heavy atom. The van der Waals surface area contributed by atoms with Gasteiger partial charge in [0.05, 0.1) is 7.11 Å². The fourth-order valence-corrected chi connectivity index (χ4v) is 2.46. The monoisotopic (exact) mass is 321 g/mol. The Hall–Kier alpha value is -1.79. The van der Waals surface area contributed by atoms with Gasteiger partial charge in [-0.25, -0.2) is 0 Å². The molecule has 0 unspecified atom stereocenters. The lowest BCUT2D eigenvalue weighted by Gasteiger charge is -2.28. The lowest BCUT2D eigenvalue weighted by atomic mass is 10.3. The zero-order chi connectivity index (χ0) is 16.5. The molecule has 1 amide bonds. The van der Waals surface area contributed by atoms with E-state index in [9.17, 15) is 4.79 Å². The Balaban J connectivity index is 1.60. The molecule has 1 aliphatic rings. The van der Waals surface area contributed by atoms with Crippen LogP contribution < -0.4 is 14.8 Å². The van der Waals surface area contributed by atoms with Crippen LogP contribution in [0.5, 0.6) is 11.5 Å². The Morgan fingerprint density at radius 1 is 1.17 bits per heavy atom. The van der Waals surface area contributed by atoms with Gasteiger partial charge in [0, 0.05) is 45.7 Å². The first-order valence-corrected chi connectivity index (χ1v) is 8.13. The molecule has 0 spiro atoms. The van der Waals surface area contributed by atoms with Crippen LogP contribution in [0.25, 0.3) is 0 Å². The van der Waals surface area contributed by atoms with E-state index in [1.807, 2.05) is 36.2 Å². The van der Waals surface area contributed by atoms with Crippen LogP contribution in [0.3, 0.4) is 0 Å². The lowest BCUT2D eigenvalue weighted by molar-refractivity contribution is -0.132. The summed E-state index contributed by atoms with van der Waals surface area (Å²) in [5.74, 6) is 1.89. The first-order valence-electron chi connectivity index (χ1n) is 8.13. The van der Waals surface area contributed by atoms with Crippen molar-refractivity contribution in [3.8, 4) is 11.5 Å². The van der Waals surface area contributed by atoms with E-state index in [-0.39, 0.29) is 5.91 Å². The topological polar surface area (TPSA) is 54.0 Å². The molecule has 6 heteroatoms. The summed E-state index contributed by atoms with van der Waals surface area (Å²) < 4.78 is 10.8. The highest BCUT2D eigenvalue weighted by Gasteiger charge is 2.16. The van der Waals surface area contributed by atoms with E-state index in [4.69, 9.17) is 9.47 Å². The maximum Gasteiger partial charge on any atom is 0.223 e. The fraction of sp³-hybridized carbons (Fsp3) is 0.588. The standard InChI is InChI=1S/C17H27N3O3/c1-19(10-7-17(21)20-11-8-18-9-12-20)13-14-23-16-5-3-15(22-2)4-6-16/h3-6,18H,7-14H2,1-2H3. The van der Waals surface area contributed by atoms with Crippen LogP contribution in [0.4, 0.5) is 0 Å². The molecule has 1 aliphatic heterocycles. The van der Waals surface area contributed by atoms with E-state index in [2.05, 4.69) is 10.2 Å². The SMILES string of the molecule is COc1ccc(OCCN(C)CCC(=O)N2CCNCC2)cc1. The number of ether oxygens (including phenoxy) is 2. The van der Waals surface area contributed by atoms with Crippen LogP contribution in [-0.2, 0) is 4.79 Å². The lowest BCUT2D eigenvalue weighted by Crippen LogP contribution is -2.47. The summed E-state index contributed by atoms with van der Waals surface area (Å²) in [7, 11) is 3.66. The molecule has 0 saturated carbocycles. The molecule has 6 nitrogen and oxygen atoms in total. The maximum absolute atomic E-state index is 12.1. The fourth-order valence-electron chi connectivity index (χ4n) is 2.46. The molecule has 128 valence electrons. The molecule has 0 atom stereocenters. The predicted molar refractivity (Wildman–Crippen MR) is 90.1 cm³/mol. The number of carbonyl (C=O) groups excluding carboxylic acids is 1. The second kappa shape index (κ2) is 9.37. The van der Waals surface area contributed by atoms with Gasteiger partial charge in [-0.05, 0) is 31.3 Å². The van der Waals surface area contributed by atoms with Crippen LogP contribution in [0.2, 0.25) is 0 Å². The Kier molecular flexibility index (Phi) is 7.16. The Morgan fingerprint density at radius 2 is 1.83 bits per heavy atom. The van der Waals surface area contributed by atoms with Gasteiger partial charge in [0.25, 0.3) is 0 Å². The third kappa shape index (κ3) is 6.08. The average Bonchev–Trinajstić information content (AvgIpc) is 2.61. The number of carbonyl (C=O) groups is 1. The molecule has 0 aliphatic carbocycles. The third-order valence-electron chi connectivity index (χ3n) is 3.98. The van der Waals surface area contributed by atoms with Crippen molar-refractivity contribution in [1.29, 1.82) is 0 Å². The molecule has 1 fully saturated rings. The molecule has 0 aromatic heterocycles. The predicted octanol–water partition coefficient (Wildman–Crippen LogP) is 0.828. The van der Waals surface area contributed by atoms with Crippen LogP contribution >= 0.6 is 0 Å². The van der Waals surface area contributed by atoms with Gasteiger partial charge in [0.15, 0.2) is 0 Å². The van der Waals surface area contributed by atoms with Gasteiger partial charge in [0.1, 0.15) is 18.1 Å². The minimum Gasteiger partial charge on any atom is -0.497 e. The number of hydrogen-bond donors (Lipinski definition) is 1. The van der Waals surface area contributed by atoms with Gasteiger partial charge in [0.2, 0.25) is 5.91 Å². The maximum atomic E-state index is 12.1. The second-order valence-corrected chi connectivity index (χ2v) is 5.71. The minimum absolute atomic E-state index is 0.245. The molecular formula is C17H27N3O3. The first-order chi connectivity index (χ1) is 11.2. The smallest absolute Gasteiger partial charge is 0.223 e. The van der Waals surface area contributed by atoms with Gasteiger partial charge in [-0.2, -0.15) is 0 Å². The third-order valence-corrected chi connectivity index (χ3v) is 3.98. The molecule has 2 rings (SSSR count). The highest BCUT2D eigenvalue weighted by atomic mass is 16.5. The van der Waals surface area contributed by atoms with Crippen molar-refractivity contribution < 1.29 is 14.3 Å². The van der Waals surface area contributed by atoms with Gasteiger partial charge in [-0.15, -0.1) is 0 Å². The van der Waals surface area contributed by atoms with Crippen LogP contribution in [-0.4, -0.2) is 75.7 Å². The van der Waals surface area contributed by atoms with Gasteiger partial charge < -0.3 is 24.6 Å². The van der Waals surface area contributed by atoms with E-state index >= 15 is 0 Å². The summed E-state index contributed by atoms with van der Waals surface area (Å²) >= 11 is 0. The van der Waals surface area contributed by atoms with E-state index in [1.165, 1.54) is 0 Å².